The first-order valence-electron chi connectivity index (χ1n) is 9.86. The van der Waals surface area contributed by atoms with Crippen LogP contribution in [-0.4, -0.2) is 40.5 Å². The lowest BCUT2D eigenvalue weighted by molar-refractivity contribution is -0.153. The highest BCUT2D eigenvalue weighted by Gasteiger charge is 2.57. The molecule has 2 aliphatic rings. The Balaban J connectivity index is 1.70. The Labute approximate surface area is 161 Å². The third-order valence-electron chi connectivity index (χ3n) is 7.23. The summed E-state index contributed by atoms with van der Waals surface area (Å²) in [4.78, 5) is 16.1. The van der Waals surface area contributed by atoms with Gasteiger partial charge in [-0.1, -0.05) is 26.0 Å². The van der Waals surface area contributed by atoms with Crippen LogP contribution in [0.3, 0.4) is 0 Å². The summed E-state index contributed by atoms with van der Waals surface area (Å²) in [5.74, 6) is 0.0880. The van der Waals surface area contributed by atoms with Gasteiger partial charge in [-0.3, -0.25) is 4.98 Å². The lowest BCUT2D eigenvalue weighted by atomic mass is 9.46. The number of esters is 1. The maximum atomic E-state index is 12.2. The van der Waals surface area contributed by atoms with Crippen LogP contribution in [0.2, 0.25) is 0 Å². The Bertz CT molecular complexity index is 691. The molecule has 2 N–H and O–H groups in total. The molecule has 0 aliphatic heterocycles. The standard InChI is InChI=1S/C22H31NO4/c1-15-6-7-18-21(2,10-8-19(25)22(18,3)14-24)17(15)9-12-27-20(26)16-5-4-11-23-13-16/h4-5,11,13,17-19,24-25H,1,6-10,12,14H2,2-3H3/t17-,18?,19-,21+,22+/m1/s1. The molecule has 27 heavy (non-hydrogen) atoms. The van der Waals surface area contributed by atoms with Crippen molar-refractivity contribution in [3.8, 4) is 0 Å². The van der Waals surface area contributed by atoms with E-state index in [0.717, 1.165) is 25.7 Å². The minimum atomic E-state index is -0.488. The number of nitrogens with zero attached hydrogens (tertiary/aromatic N) is 1. The number of carbonyl (C=O) groups is 1. The molecule has 2 aliphatic carbocycles. The number of aliphatic hydroxyl groups excluding tert-OH is 2. The van der Waals surface area contributed by atoms with Gasteiger partial charge >= 0.3 is 5.97 Å². The number of carbonyl (C=O) groups excluding carboxylic acids is 1. The van der Waals surface area contributed by atoms with Crippen molar-refractivity contribution in [1.29, 1.82) is 0 Å². The quantitative estimate of drug-likeness (QED) is 0.611. The summed E-state index contributed by atoms with van der Waals surface area (Å²) < 4.78 is 5.48. The zero-order valence-electron chi connectivity index (χ0n) is 16.4. The minimum absolute atomic E-state index is 0.0103. The topological polar surface area (TPSA) is 79.6 Å². The molecule has 1 unspecified atom stereocenters. The van der Waals surface area contributed by atoms with Crippen LogP contribution in [0.25, 0.3) is 0 Å². The second-order valence-electron chi connectivity index (χ2n) is 8.69. The summed E-state index contributed by atoms with van der Waals surface area (Å²) in [5, 5.41) is 20.6. The van der Waals surface area contributed by atoms with Gasteiger partial charge in [0.15, 0.2) is 0 Å². The molecule has 0 radical (unpaired) electrons. The van der Waals surface area contributed by atoms with Crippen molar-refractivity contribution < 1.29 is 19.7 Å². The smallest absolute Gasteiger partial charge is 0.339 e. The largest absolute Gasteiger partial charge is 0.462 e. The van der Waals surface area contributed by atoms with Gasteiger partial charge in [-0.25, -0.2) is 4.79 Å². The summed E-state index contributed by atoms with van der Waals surface area (Å²) in [6.07, 6.45) is 6.79. The van der Waals surface area contributed by atoms with E-state index < -0.39 is 11.5 Å². The Morgan fingerprint density at radius 3 is 2.85 bits per heavy atom. The van der Waals surface area contributed by atoms with E-state index in [1.54, 1.807) is 18.3 Å². The van der Waals surface area contributed by atoms with Crippen LogP contribution < -0.4 is 0 Å². The molecule has 0 spiro atoms. The van der Waals surface area contributed by atoms with Crippen LogP contribution in [0.4, 0.5) is 0 Å². The number of fused-ring (bicyclic) bond motifs is 1. The second kappa shape index (κ2) is 7.72. The number of rotatable bonds is 5. The van der Waals surface area contributed by atoms with Crippen LogP contribution in [0.15, 0.2) is 36.7 Å². The van der Waals surface area contributed by atoms with E-state index in [1.807, 2.05) is 6.92 Å². The monoisotopic (exact) mass is 373 g/mol. The van der Waals surface area contributed by atoms with Crippen molar-refractivity contribution in [1.82, 2.24) is 4.98 Å². The zero-order chi connectivity index (χ0) is 19.7. The molecular formula is C22H31NO4. The van der Waals surface area contributed by atoms with Crippen molar-refractivity contribution in [3.05, 3.63) is 42.2 Å². The average Bonchev–Trinajstić information content (AvgIpc) is 2.68. The highest BCUT2D eigenvalue weighted by atomic mass is 16.5. The van der Waals surface area contributed by atoms with Gasteiger partial charge in [-0.2, -0.15) is 0 Å². The third kappa shape index (κ3) is 3.55. The highest BCUT2D eigenvalue weighted by Crippen LogP contribution is 2.61. The summed E-state index contributed by atoms with van der Waals surface area (Å²) in [6, 6.07) is 3.41. The first-order chi connectivity index (χ1) is 12.8. The number of pyridine rings is 1. The van der Waals surface area contributed by atoms with E-state index in [0.29, 0.717) is 18.6 Å². The van der Waals surface area contributed by atoms with Crippen molar-refractivity contribution in [2.75, 3.05) is 13.2 Å². The molecule has 2 fully saturated rings. The number of aliphatic hydroxyl groups is 2. The number of hydrogen-bond acceptors (Lipinski definition) is 5. The SMILES string of the molecule is C=C1CCC2[C@](C)(CO)[C@H](O)CC[C@@]2(C)[C@@H]1CCOC(=O)c1cccnc1. The van der Waals surface area contributed by atoms with E-state index in [1.165, 1.54) is 11.8 Å². The van der Waals surface area contributed by atoms with Crippen LogP contribution in [0.1, 0.15) is 56.3 Å². The summed E-state index contributed by atoms with van der Waals surface area (Å²) >= 11 is 0. The van der Waals surface area contributed by atoms with Crippen LogP contribution in [0, 0.1) is 22.7 Å². The van der Waals surface area contributed by atoms with Gasteiger partial charge in [-0.05, 0) is 61.5 Å². The Morgan fingerprint density at radius 2 is 2.19 bits per heavy atom. The number of allylic oxidation sites excluding steroid dienone is 1. The molecule has 5 heteroatoms. The Morgan fingerprint density at radius 1 is 1.41 bits per heavy atom. The minimum Gasteiger partial charge on any atom is -0.462 e. The lowest BCUT2D eigenvalue weighted by Gasteiger charge is -2.60. The normalized spacial score (nSPS) is 36.1. The van der Waals surface area contributed by atoms with Crippen molar-refractivity contribution in [2.24, 2.45) is 22.7 Å². The summed E-state index contributed by atoms with van der Waals surface area (Å²) in [7, 11) is 0. The van der Waals surface area contributed by atoms with Crippen molar-refractivity contribution in [3.63, 3.8) is 0 Å². The molecule has 1 aromatic heterocycles. The molecule has 1 aromatic rings. The Hall–Kier alpha value is -1.72. The second-order valence-corrected chi connectivity index (χ2v) is 8.69. The number of aromatic nitrogens is 1. The molecule has 0 amide bonds. The fourth-order valence-electron chi connectivity index (χ4n) is 5.57. The molecule has 0 aromatic carbocycles. The molecular weight excluding hydrogens is 342 g/mol. The molecule has 0 bridgehead atoms. The molecule has 3 rings (SSSR count). The van der Waals surface area contributed by atoms with Gasteiger partial charge < -0.3 is 14.9 Å². The van der Waals surface area contributed by atoms with Gasteiger partial charge in [0.2, 0.25) is 0 Å². The highest BCUT2D eigenvalue weighted by molar-refractivity contribution is 5.88. The predicted octanol–water partition coefficient (Wildman–Crippen LogP) is 3.37. The fourth-order valence-corrected chi connectivity index (χ4v) is 5.57. The molecule has 0 saturated heterocycles. The lowest BCUT2D eigenvalue weighted by Crippen LogP contribution is -2.57. The zero-order valence-corrected chi connectivity index (χ0v) is 16.4. The Kier molecular flexibility index (Phi) is 5.73. The van der Waals surface area contributed by atoms with Crippen molar-refractivity contribution in [2.45, 2.75) is 52.1 Å². The molecule has 5 atom stereocenters. The van der Waals surface area contributed by atoms with E-state index >= 15 is 0 Å². The van der Waals surface area contributed by atoms with Gasteiger partial charge in [0.05, 0.1) is 24.9 Å². The van der Waals surface area contributed by atoms with Gasteiger partial charge in [0.25, 0.3) is 0 Å². The number of hydrogen-bond donors (Lipinski definition) is 2. The first-order valence-corrected chi connectivity index (χ1v) is 9.86. The van der Waals surface area contributed by atoms with Crippen molar-refractivity contribution >= 4 is 5.97 Å². The molecule has 2 saturated carbocycles. The first kappa shape index (κ1) is 20.0. The molecule has 1 heterocycles. The van der Waals surface area contributed by atoms with E-state index in [4.69, 9.17) is 4.74 Å². The van der Waals surface area contributed by atoms with E-state index in [2.05, 4.69) is 18.5 Å². The number of ether oxygens (including phenoxy) is 1. The van der Waals surface area contributed by atoms with E-state index in [-0.39, 0.29) is 29.8 Å². The van der Waals surface area contributed by atoms with E-state index in [9.17, 15) is 15.0 Å². The average molecular weight is 373 g/mol. The van der Waals surface area contributed by atoms with Gasteiger partial charge in [0, 0.05) is 17.8 Å². The summed E-state index contributed by atoms with van der Waals surface area (Å²) in [5.41, 5.74) is 1.12. The maximum Gasteiger partial charge on any atom is 0.339 e. The maximum absolute atomic E-state index is 12.2. The summed E-state index contributed by atoms with van der Waals surface area (Å²) in [6.45, 7) is 8.89. The fraction of sp³-hybridized carbons (Fsp3) is 0.636. The van der Waals surface area contributed by atoms with Crippen LogP contribution in [-0.2, 0) is 4.74 Å². The molecule has 5 nitrogen and oxygen atoms in total. The molecule has 148 valence electrons. The van der Waals surface area contributed by atoms with Gasteiger partial charge in [0.1, 0.15) is 0 Å². The van der Waals surface area contributed by atoms with Gasteiger partial charge in [-0.15, -0.1) is 0 Å². The van der Waals surface area contributed by atoms with Crippen LogP contribution >= 0.6 is 0 Å². The predicted molar refractivity (Wildman–Crippen MR) is 103 cm³/mol. The van der Waals surface area contributed by atoms with Crippen LogP contribution in [0.5, 0.6) is 0 Å². The third-order valence-corrected chi connectivity index (χ3v) is 7.23.